The zero-order valence-electron chi connectivity index (χ0n) is 10.5. The molecule has 0 bridgehead atoms. The molecular formula is C12H18N4O2. The molecule has 3 rings (SSSR count). The zero-order chi connectivity index (χ0) is 12.6. The van der Waals surface area contributed by atoms with Gasteiger partial charge in [0.25, 0.3) is 0 Å². The van der Waals surface area contributed by atoms with E-state index in [2.05, 4.69) is 15.4 Å². The van der Waals surface area contributed by atoms with E-state index in [4.69, 9.17) is 4.74 Å². The summed E-state index contributed by atoms with van der Waals surface area (Å²) >= 11 is 0. The number of nitrogens with one attached hydrogen (secondary N) is 1. The molecule has 0 spiro atoms. The lowest BCUT2D eigenvalue weighted by Gasteiger charge is -2.32. The molecule has 1 unspecified atom stereocenters. The van der Waals surface area contributed by atoms with Crippen molar-refractivity contribution in [3.63, 3.8) is 0 Å². The number of carbonyl (C=O) groups excluding carboxylic acids is 1. The minimum Gasteiger partial charge on any atom is -0.468 e. The molecule has 1 aromatic rings. The van der Waals surface area contributed by atoms with Crippen molar-refractivity contribution in [2.24, 2.45) is 5.92 Å². The molecule has 98 valence electrons. The number of esters is 1. The summed E-state index contributed by atoms with van der Waals surface area (Å²) in [4.78, 5) is 16.2. The van der Waals surface area contributed by atoms with Gasteiger partial charge < -0.3 is 4.74 Å². The van der Waals surface area contributed by atoms with Crippen LogP contribution in [0.5, 0.6) is 0 Å². The Kier molecular flexibility index (Phi) is 2.81. The average molecular weight is 250 g/mol. The summed E-state index contributed by atoms with van der Waals surface area (Å²) in [5.41, 5.74) is -0.621. The van der Waals surface area contributed by atoms with Crippen LogP contribution in [0.2, 0.25) is 0 Å². The molecule has 0 aromatic carbocycles. The van der Waals surface area contributed by atoms with E-state index in [-0.39, 0.29) is 5.97 Å². The molecule has 0 aliphatic heterocycles. The Hall–Kier alpha value is -1.43. The van der Waals surface area contributed by atoms with Crippen LogP contribution >= 0.6 is 0 Å². The van der Waals surface area contributed by atoms with Crippen molar-refractivity contribution in [1.82, 2.24) is 20.1 Å². The Balaban J connectivity index is 1.85. The van der Waals surface area contributed by atoms with Crippen LogP contribution in [0.25, 0.3) is 0 Å². The van der Waals surface area contributed by atoms with Gasteiger partial charge in [0, 0.05) is 6.04 Å². The van der Waals surface area contributed by atoms with E-state index in [1.807, 2.05) is 0 Å². The van der Waals surface area contributed by atoms with E-state index in [1.165, 1.54) is 13.4 Å². The highest BCUT2D eigenvalue weighted by Gasteiger charge is 2.54. The van der Waals surface area contributed by atoms with Crippen molar-refractivity contribution >= 4 is 5.97 Å². The lowest BCUT2D eigenvalue weighted by Crippen LogP contribution is -2.58. The summed E-state index contributed by atoms with van der Waals surface area (Å²) in [6, 6.07) is 0.452. The number of hydrogen-bond donors (Lipinski definition) is 1. The minimum atomic E-state index is -0.621. The minimum absolute atomic E-state index is 0.174. The summed E-state index contributed by atoms with van der Waals surface area (Å²) in [7, 11) is 1.45. The van der Waals surface area contributed by atoms with Crippen LogP contribution in [-0.4, -0.2) is 39.4 Å². The number of nitrogens with zero attached hydrogens (tertiary/aromatic N) is 3. The Morgan fingerprint density at radius 1 is 1.50 bits per heavy atom. The first-order valence-corrected chi connectivity index (χ1v) is 6.43. The Morgan fingerprint density at radius 2 is 2.28 bits per heavy atom. The number of rotatable bonds is 6. The fourth-order valence-corrected chi connectivity index (χ4v) is 2.50. The molecule has 0 radical (unpaired) electrons. The second kappa shape index (κ2) is 4.35. The summed E-state index contributed by atoms with van der Waals surface area (Å²) in [5.74, 6) is 0.183. The van der Waals surface area contributed by atoms with Gasteiger partial charge in [-0.2, -0.15) is 5.10 Å². The van der Waals surface area contributed by atoms with Gasteiger partial charge in [-0.05, 0) is 31.6 Å². The molecule has 1 N–H and O–H groups in total. The van der Waals surface area contributed by atoms with Crippen LogP contribution in [-0.2, 0) is 16.1 Å². The first-order valence-electron chi connectivity index (χ1n) is 6.43. The Bertz CT molecular complexity index is 425. The highest BCUT2D eigenvalue weighted by atomic mass is 16.5. The SMILES string of the molecule is COC(=O)C(Cn1cncn1)(NC1CC1)C1CC1. The smallest absolute Gasteiger partial charge is 0.328 e. The topological polar surface area (TPSA) is 69.0 Å². The molecule has 6 heteroatoms. The maximum atomic E-state index is 12.3. The Morgan fingerprint density at radius 3 is 2.78 bits per heavy atom. The third-order valence-corrected chi connectivity index (χ3v) is 3.74. The van der Waals surface area contributed by atoms with E-state index in [0.29, 0.717) is 18.5 Å². The fourth-order valence-electron chi connectivity index (χ4n) is 2.50. The third kappa shape index (κ3) is 2.12. The molecule has 2 saturated carbocycles. The van der Waals surface area contributed by atoms with Crippen molar-refractivity contribution in [3.8, 4) is 0 Å². The number of methoxy groups -OCH3 is 1. The Labute approximate surface area is 106 Å². The van der Waals surface area contributed by atoms with Crippen LogP contribution in [0.4, 0.5) is 0 Å². The van der Waals surface area contributed by atoms with Crippen LogP contribution in [0.15, 0.2) is 12.7 Å². The molecule has 0 amide bonds. The standard InChI is InChI=1S/C12H18N4O2/c1-18-11(17)12(9-2-3-9,15-10-4-5-10)6-16-8-13-7-14-16/h7-10,15H,2-6H2,1H3. The second-order valence-electron chi connectivity index (χ2n) is 5.25. The van der Waals surface area contributed by atoms with Gasteiger partial charge in [-0.1, -0.05) is 0 Å². The van der Waals surface area contributed by atoms with Crippen LogP contribution in [0.3, 0.4) is 0 Å². The van der Waals surface area contributed by atoms with E-state index in [1.54, 1.807) is 11.0 Å². The van der Waals surface area contributed by atoms with E-state index < -0.39 is 5.54 Å². The van der Waals surface area contributed by atoms with Gasteiger partial charge in [0.2, 0.25) is 0 Å². The van der Waals surface area contributed by atoms with Crippen LogP contribution < -0.4 is 5.32 Å². The highest BCUT2D eigenvalue weighted by Crippen LogP contribution is 2.43. The quantitative estimate of drug-likeness (QED) is 0.738. The van der Waals surface area contributed by atoms with Crippen molar-refractivity contribution < 1.29 is 9.53 Å². The molecule has 2 aliphatic rings. The van der Waals surface area contributed by atoms with Crippen LogP contribution in [0, 0.1) is 5.92 Å². The molecule has 6 nitrogen and oxygen atoms in total. The van der Waals surface area contributed by atoms with Gasteiger partial charge in [0.05, 0.1) is 13.7 Å². The largest absolute Gasteiger partial charge is 0.468 e. The third-order valence-electron chi connectivity index (χ3n) is 3.74. The summed E-state index contributed by atoms with van der Waals surface area (Å²) < 4.78 is 6.74. The normalized spacial score (nSPS) is 22.5. The molecule has 0 saturated heterocycles. The molecule has 18 heavy (non-hydrogen) atoms. The lowest BCUT2D eigenvalue weighted by atomic mass is 9.92. The van der Waals surface area contributed by atoms with Crippen molar-refractivity contribution in [2.75, 3.05) is 7.11 Å². The summed E-state index contributed by atoms with van der Waals surface area (Å²) in [6.07, 6.45) is 7.57. The fraction of sp³-hybridized carbons (Fsp3) is 0.750. The van der Waals surface area contributed by atoms with Crippen LogP contribution in [0.1, 0.15) is 25.7 Å². The lowest BCUT2D eigenvalue weighted by molar-refractivity contribution is -0.150. The first kappa shape index (κ1) is 11.6. The molecule has 1 heterocycles. The molecular weight excluding hydrogens is 232 g/mol. The summed E-state index contributed by atoms with van der Waals surface area (Å²) in [6.45, 7) is 0.501. The maximum Gasteiger partial charge on any atom is 0.328 e. The number of ether oxygens (including phenoxy) is 1. The number of hydrogen-bond acceptors (Lipinski definition) is 5. The maximum absolute atomic E-state index is 12.3. The highest BCUT2D eigenvalue weighted by molar-refractivity contribution is 5.81. The number of carbonyl (C=O) groups is 1. The van der Waals surface area contributed by atoms with E-state index in [9.17, 15) is 4.79 Å². The first-order chi connectivity index (χ1) is 8.74. The van der Waals surface area contributed by atoms with Gasteiger partial charge in [0.15, 0.2) is 0 Å². The van der Waals surface area contributed by atoms with Gasteiger partial charge in [-0.15, -0.1) is 0 Å². The summed E-state index contributed by atoms with van der Waals surface area (Å²) in [5, 5.41) is 7.61. The monoisotopic (exact) mass is 250 g/mol. The predicted molar refractivity (Wildman–Crippen MR) is 63.7 cm³/mol. The van der Waals surface area contributed by atoms with Gasteiger partial charge in [-0.3, -0.25) is 10.00 Å². The van der Waals surface area contributed by atoms with Gasteiger partial charge in [-0.25, -0.2) is 9.78 Å². The van der Waals surface area contributed by atoms with Crippen molar-refractivity contribution in [1.29, 1.82) is 0 Å². The molecule has 1 atom stereocenters. The van der Waals surface area contributed by atoms with E-state index in [0.717, 1.165) is 25.7 Å². The molecule has 2 aliphatic carbocycles. The average Bonchev–Trinajstić information content (AvgIpc) is 3.29. The second-order valence-corrected chi connectivity index (χ2v) is 5.25. The molecule has 1 aromatic heterocycles. The van der Waals surface area contributed by atoms with Gasteiger partial charge in [0.1, 0.15) is 18.2 Å². The van der Waals surface area contributed by atoms with Gasteiger partial charge >= 0.3 is 5.97 Å². The van der Waals surface area contributed by atoms with Crippen molar-refractivity contribution in [3.05, 3.63) is 12.7 Å². The predicted octanol–water partition coefficient (Wildman–Crippen LogP) is 0.352. The number of aromatic nitrogens is 3. The zero-order valence-corrected chi connectivity index (χ0v) is 10.5. The van der Waals surface area contributed by atoms with Crippen molar-refractivity contribution in [2.45, 2.75) is 43.8 Å². The van der Waals surface area contributed by atoms with E-state index >= 15 is 0 Å². The molecule has 2 fully saturated rings.